The van der Waals surface area contributed by atoms with Crippen molar-refractivity contribution in [2.45, 2.75) is 0 Å². The molecule has 184 valence electrons. The number of anilines is 3. The fraction of sp³-hybridized carbons (Fsp3) is 0. The van der Waals surface area contributed by atoms with E-state index in [-0.39, 0.29) is 0 Å². The van der Waals surface area contributed by atoms with Gasteiger partial charge in [0.1, 0.15) is 11.1 Å². The zero-order valence-electron chi connectivity index (χ0n) is 20.9. The molecule has 0 atom stereocenters. The summed E-state index contributed by atoms with van der Waals surface area (Å²) in [5, 5.41) is 3.15. The number of furan rings is 2. The molecule has 0 aliphatic heterocycles. The predicted molar refractivity (Wildman–Crippen MR) is 159 cm³/mol. The lowest BCUT2D eigenvalue weighted by Crippen LogP contribution is -2.10. The Balaban J connectivity index is 1.40. The van der Waals surface area contributed by atoms with Crippen molar-refractivity contribution in [3.05, 3.63) is 134 Å². The highest BCUT2D eigenvalue weighted by Crippen LogP contribution is 2.45. The average Bonchev–Trinajstić information content (AvgIpc) is 3.58. The van der Waals surface area contributed by atoms with Crippen molar-refractivity contribution in [2.24, 2.45) is 0 Å². The standard InChI is InChI=1S/C35H22N2O2/c1-2-9-23(10-3-1)24-18-20-25(21-19-24)37(29-14-6-12-27-26-11-4-5-16-31(26)38-34(27)29)30-15-7-13-28-33-32(39-35(28)30)17-8-22-36-33/h1-22H. The molecule has 39 heavy (non-hydrogen) atoms. The number of nitrogens with zero attached hydrogens (tertiary/aromatic N) is 2. The molecule has 0 N–H and O–H groups in total. The van der Waals surface area contributed by atoms with Crippen LogP contribution in [0.5, 0.6) is 0 Å². The highest BCUT2D eigenvalue weighted by molar-refractivity contribution is 6.13. The molecule has 0 unspecified atom stereocenters. The maximum absolute atomic E-state index is 6.49. The molecule has 0 fully saturated rings. The van der Waals surface area contributed by atoms with E-state index in [1.807, 2.05) is 36.4 Å². The number of hydrogen-bond donors (Lipinski definition) is 0. The van der Waals surface area contributed by atoms with Crippen LogP contribution in [0, 0.1) is 0 Å². The van der Waals surface area contributed by atoms with E-state index >= 15 is 0 Å². The molecule has 8 aromatic rings. The summed E-state index contributed by atoms with van der Waals surface area (Å²) in [4.78, 5) is 6.83. The van der Waals surface area contributed by atoms with E-state index in [9.17, 15) is 0 Å². The Morgan fingerprint density at radius 3 is 1.90 bits per heavy atom. The van der Waals surface area contributed by atoms with Gasteiger partial charge in [-0.05, 0) is 59.7 Å². The van der Waals surface area contributed by atoms with E-state index in [2.05, 4.69) is 101 Å². The van der Waals surface area contributed by atoms with E-state index in [4.69, 9.17) is 8.83 Å². The van der Waals surface area contributed by atoms with Crippen LogP contribution in [0.2, 0.25) is 0 Å². The molecular weight excluding hydrogens is 480 g/mol. The van der Waals surface area contributed by atoms with Crippen LogP contribution in [0.3, 0.4) is 0 Å². The second-order valence-corrected chi connectivity index (χ2v) is 9.61. The van der Waals surface area contributed by atoms with Gasteiger partial charge in [0, 0.05) is 28.0 Å². The minimum Gasteiger partial charge on any atom is -0.454 e. The molecule has 0 radical (unpaired) electrons. The van der Waals surface area contributed by atoms with Crippen molar-refractivity contribution in [1.29, 1.82) is 0 Å². The molecule has 0 saturated heterocycles. The number of aromatic nitrogens is 1. The van der Waals surface area contributed by atoms with Gasteiger partial charge in [0.25, 0.3) is 0 Å². The van der Waals surface area contributed by atoms with Gasteiger partial charge in [-0.15, -0.1) is 0 Å². The Bertz CT molecular complexity index is 2010. The van der Waals surface area contributed by atoms with Crippen molar-refractivity contribution in [1.82, 2.24) is 4.98 Å². The summed E-state index contributed by atoms with van der Waals surface area (Å²) in [6.45, 7) is 0. The quantitative estimate of drug-likeness (QED) is 0.240. The zero-order valence-corrected chi connectivity index (χ0v) is 20.9. The summed E-state index contributed by atoms with van der Waals surface area (Å²) < 4.78 is 12.9. The Hall–Kier alpha value is -5.35. The fourth-order valence-corrected chi connectivity index (χ4v) is 5.53. The second kappa shape index (κ2) is 8.61. The van der Waals surface area contributed by atoms with Gasteiger partial charge in [-0.3, -0.25) is 4.98 Å². The summed E-state index contributed by atoms with van der Waals surface area (Å²) in [5.41, 5.74) is 9.31. The highest BCUT2D eigenvalue weighted by atomic mass is 16.3. The normalized spacial score (nSPS) is 11.6. The van der Waals surface area contributed by atoms with Gasteiger partial charge < -0.3 is 13.7 Å². The number of pyridine rings is 1. The van der Waals surface area contributed by atoms with Crippen LogP contribution >= 0.6 is 0 Å². The molecule has 0 bridgehead atoms. The fourth-order valence-electron chi connectivity index (χ4n) is 5.53. The van der Waals surface area contributed by atoms with Crippen LogP contribution in [-0.2, 0) is 0 Å². The highest BCUT2D eigenvalue weighted by Gasteiger charge is 2.23. The third kappa shape index (κ3) is 3.42. The number of hydrogen-bond acceptors (Lipinski definition) is 4. The van der Waals surface area contributed by atoms with Gasteiger partial charge >= 0.3 is 0 Å². The van der Waals surface area contributed by atoms with Crippen LogP contribution in [0.25, 0.3) is 55.1 Å². The maximum Gasteiger partial charge on any atom is 0.161 e. The SMILES string of the molecule is c1ccc(-c2ccc(N(c3cccc4c3oc3ccccc34)c3cccc4c3oc3cccnc34)cc2)cc1. The molecule has 5 aromatic carbocycles. The summed E-state index contributed by atoms with van der Waals surface area (Å²) in [7, 11) is 0. The smallest absolute Gasteiger partial charge is 0.161 e. The first kappa shape index (κ1) is 21.7. The molecular formula is C35H22N2O2. The molecule has 3 heterocycles. The van der Waals surface area contributed by atoms with E-state index in [1.54, 1.807) is 6.20 Å². The lowest BCUT2D eigenvalue weighted by molar-refractivity contribution is 0.666. The van der Waals surface area contributed by atoms with Gasteiger partial charge in [-0.2, -0.15) is 0 Å². The molecule has 0 saturated carbocycles. The van der Waals surface area contributed by atoms with Gasteiger partial charge in [-0.25, -0.2) is 0 Å². The summed E-state index contributed by atoms with van der Waals surface area (Å²) in [6, 6.07) is 43.6. The summed E-state index contributed by atoms with van der Waals surface area (Å²) in [6.07, 6.45) is 1.80. The topological polar surface area (TPSA) is 42.4 Å². The molecule has 0 amide bonds. The molecule has 0 aliphatic rings. The molecule has 0 spiro atoms. The van der Waals surface area contributed by atoms with Crippen LogP contribution in [-0.4, -0.2) is 4.98 Å². The maximum atomic E-state index is 6.49. The Labute approximate surface area is 224 Å². The van der Waals surface area contributed by atoms with Gasteiger partial charge in [0.15, 0.2) is 16.7 Å². The van der Waals surface area contributed by atoms with Gasteiger partial charge in [0.05, 0.1) is 11.4 Å². The molecule has 3 aromatic heterocycles. The first-order valence-electron chi connectivity index (χ1n) is 13.0. The summed E-state index contributed by atoms with van der Waals surface area (Å²) in [5.74, 6) is 0. The molecule has 0 aliphatic carbocycles. The first-order chi connectivity index (χ1) is 19.3. The minimum absolute atomic E-state index is 0.765. The Morgan fingerprint density at radius 1 is 0.462 bits per heavy atom. The predicted octanol–water partition coefficient (Wildman–Crippen LogP) is 10.0. The Morgan fingerprint density at radius 2 is 1.08 bits per heavy atom. The average molecular weight is 503 g/mol. The number of para-hydroxylation sites is 3. The van der Waals surface area contributed by atoms with Crippen molar-refractivity contribution >= 4 is 61.1 Å². The van der Waals surface area contributed by atoms with Crippen LogP contribution in [0.1, 0.15) is 0 Å². The Kier molecular flexibility index (Phi) is 4.79. The number of fused-ring (bicyclic) bond motifs is 6. The van der Waals surface area contributed by atoms with Crippen molar-refractivity contribution in [2.75, 3.05) is 4.90 Å². The molecule has 8 rings (SSSR count). The van der Waals surface area contributed by atoms with Gasteiger partial charge in [0.2, 0.25) is 0 Å². The molecule has 4 nitrogen and oxygen atoms in total. The van der Waals surface area contributed by atoms with Crippen LogP contribution in [0.15, 0.2) is 142 Å². The lowest BCUT2D eigenvalue weighted by atomic mass is 10.0. The zero-order chi connectivity index (χ0) is 25.8. The molecule has 4 heteroatoms. The first-order valence-corrected chi connectivity index (χ1v) is 13.0. The van der Waals surface area contributed by atoms with E-state index < -0.39 is 0 Å². The second-order valence-electron chi connectivity index (χ2n) is 9.61. The van der Waals surface area contributed by atoms with Crippen molar-refractivity contribution < 1.29 is 8.83 Å². The number of benzene rings is 5. The van der Waals surface area contributed by atoms with E-state index in [1.165, 1.54) is 5.56 Å². The van der Waals surface area contributed by atoms with Crippen LogP contribution in [0.4, 0.5) is 17.1 Å². The monoisotopic (exact) mass is 502 g/mol. The van der Waals surface area contributed by atoms with Gasteiger partial charge in [-0.1, -0.05) is 78.9 Å². The van der Waals surface area contributed by atoms with E-state index in [0.717, 1.165) is 66.6 Å². The van der Waals surface area contributed by atoms with E-state index in [0.29, 0.717) is 0 Å². The third-order valence-corrected chi connectivity index (χ3v) is 7.33. The number of rotatable bonds is 4. The van der Waals surface area contributed by atoms with Crippen molar-refractivity contribution in [3.8, 4) is 11.1 Å². The minimum atomic E-state index is 0.765. The lowest BCUT2D eigenvalue weighted by Gasteiger charge is -2.25. The largest absolute Gasteiger partial charge is 0.454 e. The van der Waals surface area contributed by atoms with Crippen molar-refractivity contribution in [3.63, 3.8) is 0 Å². The third-order valence-electron chi connectivity index (χ3n) is 7.33. The summed E-state index contributed by atoms with van der Waals surface area (Å²) >= 11 is 0. The van der Waals surface area contributed by atoms with Crippen LogP contribution < -0.4 is 4.90 Å².